The predicted molar refractivity (Wildman–Crippen MR) is 128 cm³/mol. The van der Waals surface area contributed by atoms with Crippen molar-refractivity contribution < 1.29 is 4.79 Å². The molecule has 2 heterocycles. The second kappa shape index (κ2) is 8.60. The number of rotatable bonds is 6. The summed E-state index contributed by atoms with van der Waals surface area (Å²) >= 11 is 1.70. The van der Waals surface area contributed by atoms with Gasteiger partial charge in [0.2, 0.25) is 5.91 Å². The maximum absolute atomic E-state index is 12.6. The largest absolute Gasteiger partial charge is 0.351 e. The van der Waals surface area contributed by atoms with Gasteiger partial charge in [0.15, 0.2) is 0 Å². The number of piperidine rings is 1. The Hall–Kier alpha value is -2.43. The number of carbonyl (C=O) groups is 1. The first-order chi connectivity index (χ1) is 15.1. The molecule has 0 bridgehead atoms. The second-order valence-electron chi connectivity index (χ2n) is 9.21. The molecule has 1 atom stereocenters. The minimum Gasteiger partial charge on any atom is -0.351 e. The number of likely N-dealkylation sites (tertiary alicyclic amines) is 1. The van der Waals surface area contributed by atoms with Crippen molar-refractivity contribution in [2.75, 3.05) is 13.1 Å². The third-order valence-corrected chi connectivity index (χ3v) is 8.04. The molecular weight excluding hydrogens is 400 g/mol. The molecule has 31 heavy (non-hydrogen) atoms. The van der Waals surface area contributed by atoms with Crippen molar-refractivity contribution in [1.82, 2.24) is 10.2 Å². The predicted octanol–water partition coefficient (Wildman–Crippen LogP) is 5.64. The summed E-state index contributed by atoms with van der Waals surface area (Å²) in [6, 6.07) is 21.7. The van der Waals surface area contributed by atoms with Crippen molar-refractivity contribution in [3.05, 3.63) is 82.0 Å². The Kier molecular flexibility index (Phi) is 5.68. The topological polar surface area (TPSA) is 32.3 Å². The Bertz CT molecular complexity index is 1050. The summed E-state index contributed by atoms with van der Waals surface area (Å²) in [7, 11) is 0. The lowest BCUT2D eigenvalue weighted by atomic mass is 9.90. The van der Waals surface area contributed by atoms with Crippen LogP contribution in [0.25, 0.3) is 11.1 Å². The lowest BCUT2D eigenvalue weighted by Gasteiger charge is -2.33. The second-order valence-corrected chi connectivity index (χ2v) is 10.2. The molecule has 5 rings (SSSR count). The molecular formula is C27H30N2OS. The highest BCUT2D eigenvalue weighted by Crippen LogP contribution is 2.59. The third kappa shape index (κ3) is 4.46. The molecule has 1 aromatic heterocycles. The van der Waals surface area contributed by atoms with Gasteiger partial charge in [-0.05, 0) is 84.5 Å². The Balaban J connectivity index is 1.15. The maximum atomic E-state index is 12.6. The Labute approximate surface area is 189 Å². The van der Waals surface area contributed by atoms with Crippen LogP contribution in [0, 0.1) is 18.3 Å². The highest BCUT2D eigenvalue weighted by atomic mass is 32.1. The van der Waals surface area contributed by atoms with Gasteiger partial charge in [-0.25, -0.2) is 0 Å². The standard InChI is InChI=1S/C27H30N2OS/c1-20-6-2-3-10-24(20)22-8-4-7-21(16-22)19-29-13-11-27(12-14-29)17-25(27)26(30)28-18-23-9-5-15-31-23/h2-10,15-16,25H,11-14,17-19H2,1H3,(H,28,30). The summed E-state index contributed by atoms with van der Waals surface area (Å²) in [6.45, 7) is 6.01. The van der Waals surface area contributed by atoms with Crippen LogP contribution in [-0.2, 0) is 17.9 Å². The molecule has 2 aliphatic rings. The Morgan fingerprint density at radius 2 is 1.94 bits per heavy atom. The summed E-state index contributed by atoms with van der Waals surface area (Å²) < 4.78 is 0. The first kappa shape index (κ1) is 20.5. The first-order valence-electron chi connectivity index (χ1n) is 11.3. The van der Waals surface area contributed by atoms with Gasteiger partial charge in [0.1, 0.15) is 0 Å². The van der Waals surface area contributed by atoms with E-state index in [1.807, 2.05) is 6.07 Å². The van der Waals surface area contributed by atoms with Crippen LogP contribution < -0.4 is 5.32 Å². The number of aryl methyl sites for hydroxylation is 1. The summed E-state index contributed by atoms with van der Waals surface area (Å²) in [5.41, 5.74) is 5.57. The normalized spacial score (nSPS) is 20.0. The van der Waals surface area contributed by atoms with E-state index in [1.54, 1.807) is 11.3 Å². The molecule has 1 spiro atoms. The SMILES string of the molecule is Cc1ccccc1-c1cccc(CN2CCC3(CC2)CC3C(=O)NCc2cccs2)c1. The molecule has 3 nitrogen and oxygen atoms in total. The van der Waals surface area contributed by atoms with Gasteiger partial charge in [-0.2, -0.15) is 0 Å². The number of nitrogens with zero attached hydrogens (tertiary/aromatic N) is 1. The van der Waals surface area contributed by atoms with Crippen LogP contribution in [-0.4, -0.2) is 23.9 Å². The molecule has 1 saturated heterocycles. The van der Waals surface area contributed by atoms with Gasteiger partial charge in [-0.3, -0.25) is 9.69 Å². The maximum Gasteiger partial charge on any atom is 0.223 e. The van der Waals surface area contributed by atoms with E-state index < -0.39 is 0 Å². The van der Waals surface area contributed by atoms with E-state index >= 15 is 0 Å². The molecule has 1 aliphatic carbocycles. The monoisotopic (exact) mass is 430 g/mol. The van der Waals surface area contributed by atoms with E-state index in [0.29, 0.717) is 6.54 Å². The molecule has 160 valence electrons. The first-order valence-corrected chi connectivity index (χ1v) is 12.2. The molecule has 1 N–H and O–H groups in total. The summed E-state index contributed by atoms with van der Waals surface area (Å²) in [5, 5.41) is 5.22. The zero-order valence-electron chi connectivity index (χ0n) is 18.1. The zero-order chi connectivity index (χ0) is 21.3. The summed E-state index contributed by atoms with van der Waals surface area (Å²) in [4.78, 5) is 16.4. The van der Waals surface area contributed by atoms with E-state index in [1.165, 1.54) is 27.1 Å². The van der Waals surface area contributed by atoms with Gasteiger partial charge in [0.25, 0.3) is 0 Å². The van der Waals surface area contributed by atoms with Crippen molar-refractivity contribution in [2.45, 2.75) is 39.3 Å². The van der Waals surface area contributed by atoms with Crippen LogP contribution in [0.1, 0.15) is 35.3 Å². The van der Waals surface area contributed by atoms with E-state index in [2.05, 4.69) is 77.1 Å². The fraction of sp³-hybridized carbons (Fsp3) is 0.370. The smallest absolute Gasteiger partial charge is 0.223 e. The van der Waals surface area contributed by atoms with Crippen LogP contribution >= 0.6 is 11.3 Å². The van der Waals surface area contributed by atoms with Gasteiger partial charge in [-0.1, -0.05) is 48.5 Å². The lowest BCUT2D eigenvalue weighted by Crippen LogP contribution is -2.36. The molecule has 1 aliphatic heterocycles. The van der Waals surface area contributed by atoms with Crippen molar-refractivity contribution in [2.24, 2.45) is 11.3 Å². The van der Waals surface area contributed by atoms with Gasteiger partial charge >= 0.3 is 0 Å². The van der Waals surface area contributed by atoms with E-state index in [4.69, 9.17) is 0 Å². The number of nitrogens with one attached hydrogen (secondary N) is 1. The number of benzene rings is 2. The minimum atomic E-state index is 0.221. The lowest BCUT2D eigenvalue weighted by molar-refractivity contribution is -0.123. The highest BCUT2D eigenvalue weighted by molar-refractivity contribution is 7.09. The number of amides is 1. The fourth-order valence-corrected chi connectivity index (χ4v) is 5.77. The van der Waals surface area contributed by atoms with Crippen molar-refractivity contribution in [3.63, 3.8) is 0 Å². The molecule has 1 unspecified atom stereocenters. The molecule has 1 amide bonds. The number of hydrogen-bond acceptors (Lipinski definition) is 3. The van der Waals surface area contributed by atoms with Crippen LogP contribution in [0.5, 0.6) is 0 Å². The van der Waals surface area contributed by atoms with Crippen LogP contribution in [0.4, 0.5) is 0 Å². The van der Waals surface area contributed by atoms with Gasteiger partial charge in [0, 0.05) is 17.3 Å². The van der Waals surface area contributed by atoms with Crippen molar-refractivity contribution in [3.8, 4) is 11.1 Å². The molecule has 2 fully saturated rings. The fourth-order valence-electron chi connectivity index (χ4n) is 5.13. The number of carbonyl (C=O) groups excluding carboxylic acids is 1. The molecule has 2 aromatic carbocycles. The minimum absolute atomic E-state index is 0.221. The average molecular weight is 431 g/mol. The van der Waals surface area contributed by atoms with Crippen molar-refractivity contribution >= 4 is 17.2 Å². The van der Waals surface area contributed by atoms with Crippen LogP contribution in [0.3, 0.4) is 0 Å². The Morgan fingerprint density at radius 1 is 1.10 bits per heavy atom. The van der Waals surface area contributed by atoms with Crippen LogP contribution in [0.2, 0.25) is 0 Å². The Morgan fingerprint density at radius 3 is 2.71 bits per heavy atom. The zero-order valence-corrected chi connectivity index (χ0v) is 19.0. The summed E-state index contributed by atoms with van der Waals surface area (Å²) in [6.07, 6.45) is 3.35. The average Bonchev–Trinajstić information content (AvgIpc) is 3.23. The van der Waals surface area contributed by atoms with Crippen molar-refractivity contribution in [1.29, 1.82) is 0 Å². The number of thiophene rings is 1. The third-order valence-electron chi connectivity index (χ3n) is 7.16. The van der Waals surface area contributed by atoms with E-state index in [0.717, 1.165) is 38.9 Å². The molecule has 0 radical (unpaired) electrons. The highest BCUT2D eigenvalue weighted by Gasteiger charge is 2.58. The van der Waals surface area contributed by atoms with Gasteiger partial charge < -0.3 is 5.32 Å². The quantitative estimate of drug-likeness (QED) is 0.549. The van der Waals surface area contributed by atoms with E-state index in [9.17, 15) is 4.79 Å². The van der Waals surface area contributed by atoms with E-state index in [-0.39, 0.29) is 17.2 Å². The van der Waals surface area contributed by atoms with Gasteiger partial charge in [-0.15, -0.1) is 11.3 Å². The van der Waals surface area contributed by atoms with Gasteiger partial charge in [0.05, 0.1) is 6.54 Å². The molecule has 4 heteroatoms. The summed E-state index contributed by atoms with van der Waals surface area (Å²) in [5.74, 6) is 0.478. The van der Waals surface area contributed by atoms with Crippen LogP contribution in [0.15, 0.2) is 66.0 Å². The molecule has 1 saturated carbocycles. The number of hydrogen-bond donors (Lipinski definition) is 1. The molecule has 3 aromatic rings.